The van der Waals surface area contributed by atoms with Gasteiger partial charge in [-0.1, -0.05) is 32.0 Å². The lowest BCUT2D eigenvalue weighted by Gasteiger charge is -2.22. The SMILES string of the molecule is COc1ccc(NC(=O)C(NC(=O)Cc2n[nH]c(=O)c3ccccc23)C(C)C)cc1OC. The van der Waals surface area contributed by atoms with Gasteiger partial charge < -0.3 is 20.1 Å². The average Bonchev–Trinajstić information content (AvgIpc) is 2.79. The smallest absolute Gasteiger partial charge is 0.272 e. The van der Waals surface area contributed by atoms with Crippen LogP contribution in [0.3, 0.4) is 0 Å². The number of rotatable bonds is 8. The van der Waals surface area contributed by atoms with Crippen molar-refractivity contribution in [1.29, 1.82) is 0 Å². The van der Waals surface area contributed by atoms with Gasteiger partial charge >= 0.3 is 0 Å². The quantitative estimate of drug-likeness (QED) is 0.496. The summed E-state index contributed by atoms with van der Waals surface area (Å²) in [4.78, 5) is 37.6. The molecule has 3 rings (SSSR count). The number of carbonyl (C=O) groups is 2. The van der Waals surface area contributed by atoms with Crippen LogP contribution in [-0.4, -0.2) is 42.3 Å². The van der Waals surface area contributed by atoms with Crippen LogP contribution in [0.5, 0.6) is 11.5 Å². The summed E-state index contributed by atoms with van der Waals surface area (Å²) in [5.74, 6) is 0.112. The lowest BCUT2D eigenvalue weighted by atomic mass is 10.0. The van der Waals surface area contributed by atoms with Crippen molar-refractivity contribution in [3.05, 3.63) is 58.5 Å². The van der Waals surface area contributed by atoms with Crippen molar-refractivity contribution in [2.24, 2.45) is 5.92 Å². The topological polar surface area (TPSA) is 122 Å². The number of hydrogen-bond acceptors (Lipinski definition) is 6. The van der Waals surface area contributed by atoms with Crippen LogP contribution >= 0.6 is 0 Å². The number of ether oxygens (including phenoxy) is 2. The Balaban J connectivity index is 1.74. The van der Waals surface area contributed by atoms with Crippen LogP contribution in [0.4, 0.5) is 5.69 Å². The van der Waals surface area contributed by atoms with E-state index in [2.05, 4.69) is 20.8 Å². The molecule has 9 heteroatoms. The second kappa shape index (κ2) is 9.95. The van der Waals surface area contributed by atoms with Crippen LogP contribution < -0.4 is 25.7 Å². The zero-order valence-corrected chi connectivity index (χ0v) is 18.4. The largest absolute Gasteiger partial charge is 0.493 e. The standard InChI is InChI=1S/C23H26N4O5/c1-13(2)21(23(30)24-14-9-10-18(31-3)19(11-14)32-4)25-20(28)12-17-15-7-5-6-8-16(15)22(29)27-26-17/h5-11,13,21H,12H2,1-4H3,(H,24,30)(H,25,28)(H,27,29). The third kappa shape index (κ3) is 5.05. The van der Waals surface area contributed by atoms with Gasteiger partial charge in [-0.3, -0.25) is 14.4 Å². The Morgan fingerprint density at radius 2 is 1.72 bits per heavy atom. The van der Waals surface area contributed by atoms with Gasteiger partial charge in [0.15, 0.2) is 11.5 Å². The number of H-pyrrole nitrogens is 1. The molecule has 0 aliphatic carbocycles. The van der Waals surface area contributed by atoms with Crippen molar-refractivity contribution >= 4 is 28.3 Å². The molecule has 0 saturated heterocycles. The number of aromatic amines is 1. The minimum atomic E-state index is -0.773. The van der Waals surface area contributed by atoms with Crippen molar-refractivity contribution in [2.45, 2.75) is 26.3 Å². The first-order chi connectivity index (χ1) is 15.3. The van der Waals surface area contributed by atoms with Gasteiger partial charge in [0, 0.05) is 17.1 Å². The van der Waals surface area contributed by atoms with Crippen LogP contribution in [0.2, 0.25) is 0 Å². The summed E-state index contributed by atoms with van der Waals surface area (Å²) < 4.78 is 10.5. The number of aromatic nitrogens is 2. The van der Waals surface area contributed by atoms with E-state index in [9.17, 15) is 14.4 Å². The maximum absolute atomic E-state index is 12.9. The van der Waals surface area contributed by atoms with Crippen molar-refractivity contribution in [2.75, 3.05) is 19.5 Å². The molecule has 1 atom stereocenters. The zero-order chi connectivity index (χ0) is 23.3. The van der Waals surface area contributed by atoms with E-state index >= 15 is 0 Å². The van der Waals surface area contributed by atoms with Gasteiger partial charge in [-0.15, -0.1) is 0 Å². The van der Waals surface area contributed by atoms with Crippen molar-refractivity contribution < 1.29 is 19.1 Å². The normalized spacial score (nSPS) is 11.8. The number of hydrogen-bond donors (Lipinski definition) is 3. The second-order valence-corrected chi connectivity index (χ2v) is 7.57. The molecule has 2 amide bonds. The third-order valence-electron chi connectivity index (χ3n) is 5.02. The Morgan fingerprint density at radius 3 is 2.38 bits per heavy atom. The first-order valence-electron chi connectivity index (χ1n) is 10.1. The molecule has 0 radical (unpaired) electrons. The number of carbonyl (C=O) groups excluding carboxylic acids is 2. The molecule has 0 spiro atoms. The fourth-order valence-electron chi connectivity index (χ4n) is 3.35. The molecule has 1 aromatic heterocycles. The number of benzene rings is 2. The van der Waals surface area contributed by atoms with Crippen LogP contribution in [0.25, 0.3) is 10.8 Å². The van der Waals surface area contributed by atoms with Gasteiger partial charge in [-0.05, 0) is 24.1 Å². The van der Waals surface area contributed by atoms with Gasteiger partial charge in [-0.2, -0.15) is 5.10 Å². The fourth-order valence-corrected chi connectivity index (χ4v) is 3.35. The Bertz CT molecular complexity index is 1190. The maximum Gasteiger partial charge on any atom is 0.272 e. The van der Waals surface area contributed by atoms with Crippen LogP contribution in [0.1, 0.15) is 19.5 Å². The number of fused-ring (bicyclic) bond motifs is 1. The van der Waals surface area contributed by atoms with Gasteiger partial charge in [0.05, 0.1) is 31.7 Å². The summed E-state index contributed by atoms with van der Waals surface area (Å²) in [5, 5.41) is 13.1. The highest BCUT2D eigenvalue weighted by Gasteiger charge is 2.25. The maximum atomic E-state index is 12.9. The first kappa shape index (κ1) is 22.8. The molecule has 0 bridgehead atoms. The highest BCUT2D eigenvalue weighted by molar-refractivity contribution is 5.98. The predicted molar refractivity (Wildman–Crippen MR) is 121 cm³/mol. The summed E-state index contributed by atoms with van der Waals surface area (Å²) in [6.07, 6.45) is -0.0792. The van der Waals surface area contributed by atoms with Crippen molar-refractivity contribution in [3.8, 4) is 11.5 Å². The summed E-state index contributed by atoms with van der Waals surface area (Å²) >= 11 is 0. The monoisotopic (exact) mass is 438 g/mol. The third-order valence-corrected chi connectivity index (χ3v) is 5.02. The van der Waals surface area contributed by atoms with E-state index in [-0.39, 0.29) is 29.7 Å². The molecule has 32 heavy (non-hydrogen) atoms. The number of methoxy groups -OCH3 is 2. The Labute approximate surface area is 185 Å². The number of nitrogens with zero attached hydrogens (tertiary/aromatic N) is 1. The average molecular weight is 438 g/mol. The molecule has 168 valence electrons. The molecule has 9 nitrogen and oxygen atoms in total. The van der Waals surface area contributed by atoms with Crippen molar-refractivity contribution in [1.82, 2.24) is 15.5 Å². The minimum Gasteiger partial charge on any atom is -0.493 e. The molecule has 0 aliphatic rings. The molecular formula is C23H26N4O5. The zero-order valence-electron chi connectivity index (χ0n) is 18.4. The van der Waals surface area contributed by atoms with E-state index in [1.165, 1.54) is 14.2 Å². The molecular weight excluding hydrogens is 412 g/mol. The molecule has 0 saturated carbocycles. The summed E-state index contributed by atoms with van der Waals surface area (Å²) in [5.41, 5.74) is 0.625. The van der Waals surface area contributed by atoms with E-state index in [0.717, 1.165) is 0 Å². The highest BCUT2D eigenvalue weighted by atomic mass is 16.5. The lowest BCUT2D eigenvalue weighted by Crippen LogP contribution is -2.47. The Morgan fingerprint density at radius 1 is 1.03 bits per heavy atom. The Hall–Kier alpha value is -3.88. The molecule has 3 N–H and O–H groups in total. The summed E-state index contributed by atoms with van der Waals surface area (Å²) in [6.45, 7) is 3.68. The van der Waals surface area contributed by atoms with E-state index in [1.54, 1.807) is 42.5 Å². The van der Waals surface area contributed by atoms with E-state index in [4.69, 9.17) is 9.47 Å². The van der Waals surface area contributed by atoms with Gasteiger partial charge in [0.25, 0.3) is 5.56 Å². The van der Waals surface area contributed by atoms with Crippen LogP contribution in [0.15, 0.2) is 47.3 Å². The number of amides is 2. The fraction of sp³-hybridized carbons (Fsp3) is 0.304. The highest BCUT2D eigenvalue weighted by Crippen LogP contribution is 2.29. The van der Waals surface area contributed by atoms with Gasteiger partial charge in [0.1, 0.15) is 6.04 Å². The minimum absolute atomic E-state index is 0.0792. The summed E-state index contributed by atoms with van der Waals surface area (Å²) in [7, 11) is 3.04. The van der Waals surface area contributed by atoms with Gasteiger partial charge in [0.2, 0.25) is 11.8 Å². The molecule has 2 aromatic carbocycles. The lowest BCUT2D eigenvalue weighted by molar-refractivity contribution is -0.127. The first-order valence-corrected chi connectivity index (χ1v) is 10.1. The predicted octanol–water partition coefficient (Wildman–Crippen LogP) is 2.26. The Kier molecular flexibility index (Phi) is 7.09. The van der Waals surface area contributed by atoms with Crippen LogP contribution in [-0.2, 0) is 16.0 Å². The molecule has 1 heterocycles. The van der Waals surface area contributed by atoms with E-state index in [1.807, 2.05) is 13.8 Å². The number of nitrogens with one attached hydrogen (secondary N) is 3. The molecule has 0 aliphatic heterocycles. The van der Waals surface area contributed by atoms with Gasteiger partial charge in [-0.25, -0.2) is 5.10 Å². The summed E-state index contributed by atoms with van der Waals surface area (Å²) in [6, 6.07) is 11.2. The molecule has 0 fully saturated rings. The molecule has 3 aromatic rings. The molecule has 1 unspecified atom stereocenters. The number of anilines is 1. The van der Waals surface area contributed by atoms with E-state index in [0.29, 0.717) is 33.7 Å². The second-order valence-electron chi connectivity index (χ2n) is 7.57. The van der Waals surface area contributed by atoms with E-state index < -0.39 is 6.04 Å². The van der Waals surface area contributed by atoms with Crippen molar-refractivity contribution in [3.63, 3.8) is 0 Å². The van der Waals surface area contributed by atoms with Crippen LogP contribution in [0, 0.1) is 5.92 Å².